The van der Waals surface area contributed by atoms with Gasteiger partial charge in [0.25, 0.3) is 11.8 Å². The molecule has 4 heterocycles. The minimum atomic E-state index is -1.05. The largest absolute Gasteiger partial charge is 0.365 e. The summed E-state index contributed by atoms with van der Waals surface area (Å²) >= 11 is 0. The molecular formula is C26H24FN5O3. The third-order valence-electron chi connectivity index (χ3n) is 7.00. The van der Waals surface area contributed by atoms with Crippen LogP contribution < -0.4 is 15.6 Å². The first-order valence-electron chi connectivity index (χ1n) is 11.6. The highest BCUT2D eigenvalue weighted by Gasteiger charge is 2.49. The molecule has 8 nitrogen and oxygen atoms in total. The summed E-state index contributed by atoms with van der Waals surface area (Å²) in [5, 5.41) is 3.83. The van der Waals surface area contributed by atoms with E-state index >= 15 is 0 Å². The molecule has 0 aliphatic carbocycles. The van der Waals surface area contributed by atoms with Crippen LogP contribution in [0, 0.1) is 5.82 Å². The number of halogens is 1. The minimum absolute atomic E-state index is 0.141. The van der Waals surface area contributed by atoms with E-state index in [4.69, 9.17) is 10.5 Å². The first-order chi connectivity index (χ1) is 17.0. The lowest BCUT2D eigenvalue weighted by molar-refractivity contribution is -0.152. The number of ether oxygens (including phenoxy) is 1. The fourth-order valence-corrected chi connectivity index (χ4v) is 5.43. The number of primary amides is 1. The van der Waals surface area contributed by atoms with Gasteiger partial charge in [-0.1, -0.05) is 18.2 Å². The van der Waals surface area contributed by atoms with Gasteiger partial charge in [-0.15, -0.1) is 0 Å². The Morgan fingerprint density at radius 3 is 2.66 bits per heavy atom. The van der Waals surface area contributed by atoms with Gasteiger partial charge in [0.1, 0.15) is 5.82 Å². The number of hydrogen-bond donors (Lipinski definition) is 1. The van der Waals surface area contributed by atoms with E-state index in [1.54, 1.807) is 23.2 Å². The number of nitrogens with zero attached hydrogens (tertiary/aromatic N) is 4. The Labute approximate surface area is 200 Å². The molecule has 0 saturated carbocycles. The van der Waals surface area contributed by atoms with Crippen molar-refractivity contribution in [1.29, 1.82) is 0 Å². The summed E-state index contributed by atoms with van der Waals surface area (Å²) in [6.07, 6.45) is 4.51. The maximum absolute atomic E-state index is 13.8. The number of carbonyl (C=O) groups excluding carboxylic acids is 2. The molecule has 0 bridgehead atoms. The number of pyridine rings is 1. The number of fused-ring (bicyclic) bond motifs is 3. The number of rotatable bonds is 3. The first-order valence-corrected chi connectivity index (χ1v) is 11.6. The second kappa shape index (κ2) is 8.06. The van der Waals surface area contributed by atoms with E-state index in [2.05, 4.69) is 9.99 Å². The van der Waals surface area contributed by atoms with Gasteiger partial charge in [0, 0.05) is 41.9 Å². The molecular weight excluding hydrogens is 449 g/mol. The molecule has 2 aliphatic rings. The van der Waals surface area contributed by atoms with E-state index in [9.17, 15) is 14.0 Å². The zero-order valence-electron chi connectivity index (χ0n) is 19.0. The van der Waals surface area contributed by atoms with Crippen LogP contribution in [0.3, 0.4) is 0 Å². The Morgan fingerprint density at radius 1 is 1.06 bits per heavy atom. The SMILES string of the molecule is NC(=O)c1cncc2c3ccccc3n(N3CCCC4(C3)OCCN(c3ccc(F)cc3)C4=O)c12. The highest BCUT2D eigenvalue weighted by atomic mass is 19.1. The third-order valence-corrected chi connectivity index (χ3v) is 7.00. The molecule has 35 heavy (non-hydrogen) atoms. The third kappa shape index (κ3) is 3.34. The van der Waals surface area contributed by atoms with E-state index in [-0.39, 0.29) is 11.7 Å². The number of amides is 2. The monoisotopic (exact) mass is 473 g/mol. The molecule has 2 amide bonds. The lowest BCUT2D eigenvalue weighted by Gasteiger charge is -2.47. The molecule has 1 atom stereocenters. The molecule has 2 aliphatic heterocycles. The van der Waals surface area contributed by atoms with Crippen molar-refractivity contribution in [3.8, 4) is 0 Å². The van der Waals surface area contributed by atoms with Crippen molar-refractivity contribution in [2.24, 2.45) is 5.73 Å². The second-order valence-corrected chi connectivity index (χ2v) is 9.04. The first kappa shape index (κ1) is 21.5. The van der Waals surface area contributed by atoms with Crippen molar-refractivity contribution in [3.05, 3.63) is 72.3 Å². The van der Waals surface area contributed by atoms with Crippen molar-refractivity contribution in [3.63, 3.8) is 0 Å². The maximum atomic E-state index is 13.8. The van der Waals surface area contributed by atoms with Gasteiger partial charge in [-0.25, -0.2) is 4.39 Å². The molecule has 2 aromatic carbocycles. The molecule has 2 fully saturated rings. The van der Waals surface area contributed by atoms with Gasteiger partial charge >= 0.3 is 0 Å². The maximum Gasteiger partial charge on any atom is 0.261 e. The summed E-state index contributed by atoms with van der Waals surface area (Å²) < 4.78 is 21.7. The Balaban J connectivity index is 1.45. The minimum Gasteiger partial charge on any atom is -0.365 e. The predicted molar refractivity (Wildman–Crippen MR) is 130 cm³/mol. The smallest absolute Gasteiger partial charge is 0.261 e. The van der Waals surface area contributed by atoms with Gasteiger partial charge in [-0.2, -0.15) is 0 Å². The number of piperidine rings is 1. The van der Waals surface area contributed by atoms with Crippen molar-refractivity contribution in [1.82, 2.24) is 9.66 Å². The van der Waals surface area contributed by atoms with Gasteiger partial charge in [0.2, 0.25) is 0 Å². The average molecular weight is 474 g/mol. The summed E-state index contributed by atoms with van der Waals surface area (Å²) in [4.78, 5) is 32.0. The molecule has 9 heteroatoms. The Bertz CT molecular complexity index is 1460. The summed E-state index contributed by atoms with van der Waals surface area (Å²) in [6, 6.07) is 13.8. The Kier molecular flexibility index (Phi) is 4.96. The normalized spacial score (nSPS) is 20.8. The number of benzene rings is 2. The number of nitrogens with two attached hydrogens (primary N) is 1. The average Bonchev–Trinajstić information content (AvgIpc) is 3.21. The lowest BCUT2D eigenvalue weighted by Crippen LogP contribution is -2.65. The fraction of sp³-hybridized carbons (Fsp3) is 0.269. The van der Waals surface area contributed by atoms with Gasteiger partial charge < -0.3 is 20.4 Å². The van der Waals surface area contributed by atoms with Crippen LogP contribution in [0.4, 0.5) is 10.1 Å². The number of hydrogen-bond acceptors (Lipinski definition) is 5. The van der Waals surface area contributed by atoms with Crippen LogP contribution in [-0.2, 0) is 9.53 Å². The van der Waals surface area contributed by atoms with Crippen molar-refractivity contribution >= 4 is 39.3 Å². The number of aromatic nitrogens is 2. The van der Waals surface area contributed by atoms with Gasteiger partial charge in [-0.05, 0) is 43.2 Å². The second-order valence-electron chi connectivity index (χ2n) is 9.04. The summed E-state index contributed by atoms with van der Waals surface area (Å²) in [7, 11) is 0. The van der Waals surface area contributed by atoms with Gasteiger partial charge in [0.05, 0.1) is 29.7 Å². The van der Waals surface area contributed by atoms with Crippen LogP contribution in [0.25, 0.3) is 21.8 Å². The van der Waals surface area contributed by atoms with Crippen LogP contribution >= 0.6 is 0 Å². The zero-order chi connectivity index (χ0) is 24.2. The van der Waals surface area contributed by atoms with Crippen LogP contribution in [0.1, 0.15) is 23.2 Å². The van der Waals surface area contributed by atoms with Crippen molar-refractivity contribution in [2.45, 2.75) is 18.4 Å². The van der Waals surface area contributed by atoms with Gasteiger partial charge in [-0.3, -0.25) is 19.2 Å². The van der Waals surface area contributed by atoms with E-state index in [1.807, 2.05) is 28.9 Å². The fourth-order valence-electron chi connectivity index (χ4n) is 5.43. The molecule has 0 radical (unpaired) electrons. The predicted octanol–water partition coefficient (Wildman–Crippen LogP) is 2.96. The van der Waals surface area contributed by atoms with E-state index in [0.717, 1.165) is 16.3 Å². The topological polar surface area (TPSA) is 93.7 Å². The highest BCUT2D eigenvalue weighted by Crippen LogP contribution is 2.36. The van der Waals surface area contributed by atoms with Crippen LogP contribution in [0.2, 0.25) is 0 Å². The molecule has 1 unspecified atom stereocenters. The Hall–Kier alpha value is -3.98. The number of morpholine rings is 1. The summed E-state index contributed by atoms with van der Waals surface area (Å²) in [5.74, 6) is -1.05. The summed E-state index contributed by atoms with van der Waals surface area (Å²) in [5.41, 5.74) is 7.21. The number of para-hydroxylation sites is 1. The molecule has 2 N–H and O–H groups in total. The molecule has 6 rings (SSSR count). The number of carbonyl (C=O) groups is 2. The zero-order valence-corrected chi connectivity index (χ0v) is 19.0. The lowest BCUT2D eigenvalue weighted by atomic mass is 9.90. The van der Waals surface area contributed by atoms with E-state index in [0.29, 0.717) is 55.9 Å². The van der Waals surface area contributed by atoms with Crippen LogP contribution in [0.5, 0.6) is 0 Å². The highest BCUT2D eigenvalue weighted by molar-refractivity contribution is 6.15. The standard InChI is InChI=1S/C26H24FN5O3/c27-17-6-8-18(9-7-17)31-12-13-35-26(25(31)34)10-3-11-30(16-26)32-22-5-2-1-4-19(22)20-14-29-15-21(23(20)32)24(28)33/h1-2,4-9,14-15H,3,10-13,16H2,(H2,28,33). The van der Waals surface area contributed by atoms with E-state index < -0.39 is 11.5 Å². The molecule has 178 valence electrons. The van der Waals surface area contributed by atoms with Crippen LogP contribution in [-0.4, -0.2) is 53.3 Å². The molecule has 2 saturated heterocycles. The van der Waals surface area contributed by atoms with Crippen molar-refractivity contribution in [2.75, 3.05) is 36.1 Å². The Morgan fingerprint density at radius 2 is 1.86 bits per heavy atom. The van der Waals surface area contributed by atoms with Crippen molar-refractivity contribution < 1.29 is 18.7 Å². The molecule has 4 aromatic rings. The molecule has 1 spiro atoms. The quantitative estimate of drug-likeness (QED) is 0.494. The molecule has 2 aromatic heterocycles. The van der Waals surface area contributed by atoms with E-state index in [1.165, 1.54) is 18.3 Å². The van der Waals surface area contributed by atoms with Gasteiger partial charge in [0.15, 0.2) is 5.60 Å². The van der Waals surface area contributed by atoms with Crippen LogP contribution in [0.15, 0.2) is 60.9 Å². The number of anilines is 1. The summed E-state index contributed by atoms with van der Waals surface area (Å²) in [6.45, 7) is 1.75.